The molecule has 1 fully saturated rings. The summed E-state index contributed by atoms with van der Waals surface area (Å²) in [6, 6.07) is 1.79. The minimum absolute atomic E-state index is 0.193. The first-order valence-electron chi connectivity index (χ1n) is 6.85. The molecule has 0 aromatic carbocycles. The molecule has 1 aromatic heterocycles. The maximum Gasteiger partial charge on any atom is 0.330 e. The number of hydrogen-bond acceptors (Lipinski definition) is 6. The highest BCUT2D eigenvalue weighted by Crippen LogP contribution is 2.39. The Balaban J connectivity index is 1.68. The number of carbonyl (C=O) groups excluding carboxylic acids is 2. The van der Waals surface area contributed by atoms with E-state index in [0.29, 0.717) is 0 Å². The molecule has 1 aromatic rings. The van der Waals surface area contributed by atoms with Crippen LogP contribution in [0.5, 0.6) is 0 Å². The summed E-state index contributed by atoms with van der Waals surface area (Å²) in [4.78, 5) is 37.7. The lowest BCUT2D eigenvalue weighted by molar-refractivity contribution is -0.160. The molecule has 0 radical (unpaired) electrons. The Bertz CT molecular complexity index is 673. The molecular formula is C14H14N2O5S2. The largest absolute Gasteiger partial charge is 0.479 e. The van der Waals surface area contributed by atoms with Gasteiger partial charge in [-0.25, -0.2) is 4.79 Å². The van der Waals surface area contributed by atoms with E-state index in [-0.39, 0.29) is 17.9 Å². The molecule has 23 heavy (non-hydrogen) atoms. The lowest BCUT2D eigenvalue weighted by atomic mass is 9.98. The highest BCUT2D eigenvalue weighted by Gasteiger charge is 2.55. The summed E-state index contributed by atoms with van der Waals surface area (Å²) >= 11 is 2.69. The number of aliphatic carboxylic acids is 1. The van der Waals surface area contributed by atoms with Crippen molar-refractivity contribution in [2.45, 2.75) is 23.9 Å². The van der Waals surface area contributed by atoms with Crippen molar-refractivity contribution >= 4 is 40.9 Å². The van der Waals surface area contributed by atoms with Crippen molar-refractivity contribution in [3.05, 3.63) is 33.4 Å². The van der Waals surface area contributed by atoms with Gasteiger partial charge in [0.2, 0.25) is 11.8 Å². The van der Waals surface area contributed by atoms with Crippen LogP contribution in [0.25, 0.3) is 0 Å². The van der Waals surface area contributed by atoms with Gasteiger partial charge in [0.1, 0.15) is 11.4 Å². The van der Waals surface area contributed by atoms with Gasteiger partial charge in [-0.05, 0) is 22.4 Å². The summed E-state index contributed by atoms with van der Waals surface area (Å²) in [5, 5.41) is 24.2. The Morgan fingerprint density at radius 3 is 2.78 bits per heavy atom. The zero-order valence-corrected chi connectivity index (χ0v) is 13.5. The molecule has 2 amide bonds. The first-order chi connectivity index (χ1) is 11.0. The molecule has 3 N–H and O–H groups in total. The van der Waals surface area contributed by atoms with Crippen molar-refractivity contribution in [3.8, 4) is 0 Å². The van der Waals surface area contributed by atoms with Gasteiger partial charge in [0.15, 0.2) is 6.04 Å². The molecule has 3 rings (SSSR count). The maximum absolute atomic E-state index is 12.2. The molecule has 9 heteroatoms. The van der Waals surface area contributed by atoms with Gasteiger partial charge in [-0.2, -0.15) is 0 Å². The monoisotopic (exact) mass is 354 g/mol. The number of hydrogen-bond donors (Lipinski definition) is 3. The number of β-lactam (4-membered cyclic amide) rings is 1. The smallest absolute Gasteiger partial charge is 0.330 e. The number of nitrogens with zero attached hydrogens (tertiary/aromatic N) is 1. The van der Waals surface area contributed by atoms with Gasteiger partial charge in [-0.15, -0.1) is 23.1 Å². The summed E-state index contributed by atoms with van der Waals surface area (Å²) in [5.41, 5.74) is 0.274. The van der Waals surface area contributed by atoms with Gasteiger partial charge < -0.3 is 20.4 Å². The summed E-state index contributed by atoms with van der Waals surface area (Å²) < 4.78 is 0. The van der Waals surface area contributed by atoms with Crippen LogP contribution in [0.3, 0.4) is 0 Å². The third-order valence-electron chi connectivity index (χ3n) is 3.72. The summed E-state index contributed by atoms with van der Waals surface area (Å²) in [6.45, 7) is -0.421. The molecule has 0 saturated carbocycles. The van der Waals surface area contributed by atoms with Gasteiger partial charge in [0.05, 0.1) is 13.0 Å². The molecule has 3 atom stereocenters. The van der Waals surface area contributed by atoms with Crippen molar-refractivity contribution in [2.75, 3.05) is 6.61 Å². The number of fused-ring (bicyclic) bond motifs is 1. The quantitative estimate of drug-likeness (QED) is 0.644. The third kappa shape index (κ3) is 2.87. The predicted molar refractivity (Wildman–Crippen MR) is 84.8 cm³/mol. The Labute approximate surface area is 140 Å². The fourth-order valence-corrected chi connectivity index (χ4v) is 4.55. The number of thiophene rings is 1. The fourth-order valence-electron chi connectivity index (χ4n) is 2.64. The average molecular weight is 354 g/mol. The van der Waals surface area contributed by atoms with Crippen molar-refractivity contribution in [2.24, 2.45) is 0 Å². The van der Waals surface area contributed by atoms with E-state index in [4.69, 9.17) is 0 Å². The van der Waals surface area contributed by atoms with Crippen molar-refractivity contribution in [1.82, 2.24) is 10.2 Å². The molecule has 1 unspecified atom stereocenters. The number of aliphatic hydroxyl groups is 1. The highest BCUT2D eigenvalue weighted by molar-refractivity contribution is 8.02. The van der Waals surface area contributed by atoms with Crippen molar-refractivity contribution in [1.29, 1.82) is 0 Å². The van der Waals surface area contributed by atoms with Crippen LogP contribution in [0.2, 0.25) is 0 Å². The van der Waals surface area contributed by atoms with Crippen molar-refractivity contribution < 1.29 is 24.6 Å². The van der Waals surface area contributed by atoms with Crippen molar-refractivity contribution in [3.63, 3.8) is 0 Å². The Hall–Kier alpha value is -1.84. The number of carboxylic acids is 1. The second kappa shape index (κ2) is 6.34. The number of carboxylic acid groups (broad SMARTS) is 1. The molecular weight excluding hydrogens is 340 g/mol. The molecule has 0 bridgehead atoms. The van der Waals surface area contributed by atoms with Gasteiger partial charge in [-0.3, -0.25) is 9.59 Å². The van der Waals surface area contributed by atoms with Gasteiger partial charge in [0, 0.05) is 4.88 Å². The maximum atomic E-state index is 12.2. The van der Waals surface area contributed by atoms with Crippen LogP contribution in [0.15, 0.2) is 28.5 Å². The molecule has 0 aliphatic carbocycles. The second-order valence-electron chi connectivity index (χ2n) is 5.17. The highest BCUT2D eigenvalue weighted by atomic mass is 32.2. The Kier molecular flexibility index (Phi) is 4.42. The zero-order valence-electron chi connectivity index (χ0n) is 11.8. The van der Waals surface area contributed by atoms with Crippen LogP contribution in [0, 0.1) is 0 Å². The average Bonchev–Trinajstić information content (AvgIpc) is 3.03. The minimum atomic E-state index is -1.19. The Morgan fingerprint density at radius 2 is 2.17 bits per heavy atom. The van der Waals surface area contributed by atoms with E-state index in [9.17, 15) is 24.6 Å². The number of rotatable bonds is 5. The molecule has 3 heterocycles. The predicted octanol–water partition coefficient (Wildman–Crippen LogP) is 0.0199. The van der Waals surface area contributed by atoms with Crippen LogP contribution < -0.4 is 5.32 Å². The van der Waals surface area contributed by atoms with Crippen LogP contribution >= 0.6 is 23.1 Å². The third-order valence-corrected chi connectivity index (χ3v) is 5.81. The first kappa shape index (κ1) is 16.0. The molecule has 2 aliphatic rings. The lowest BCUT2D eigenvalue weighted by Crippen LogP contribution is -2.74. The van der Waals surface area contributed by atoms with E-state index in [1.165, 1.54) is 28.0 Å². The lowest BCUT2D eigenvalue weighted by Gasteiger charge is -2.51. The fraction of sp³-hybridized carbons (Fsp3) is 0.357. The molecule has 1 saturated heterocycles. The van der Waals surface area contributed by atoms with Gasteiger partial charge in [0.25, 0.3) is 0 Å². The molecule has 0 spiro atoms. The molecule has 122 valence electrons. The summed E-state index contributed by atoms with van der Waals surface area (Å²) in [5.74, 6) is -1.89. The van der Waals surface area contributed by atoms with E-state index >= 15 is 0 Å². The van der Waals surface area contributed by atoms with Gasteiger partial charge in [-0.1, -0.05) is 6.07 Å². The number of thioether (sulfide) groups is 1. The minimum Gasteiger partial charge on any atom is -0.479 e. The van der Waals surface area contributed by atoms with E-state index in [0.717, 1.165) is 4.88 Å². The summed E-state index contributed by atoms with van der Waals surface area (Å²) in [6.07, 6.45) is 0.193. The van der Waals surface area contributed by atoms with Crippen LogP contribution in [0.1, 0.15) is 4.88 Å². The van der Waals surface area contributed by atoms with Crippen LogP contribution in [-0.2, 0) is 20.8 Å². The van der Waals surface area contributed by atoms with E-state index in [1.807, 2.05) is 17.5 Å². The van der Waals surface area contributed by atoms with Gasteiger partial charge >= 0.3 is 5.97 Å². The van der Waals surface area contributed by atoms with E-state index < -0.39 is 35.9 Å². The molecule has 7 nitrogen and oxygen atoms in total. The second-order valence-corrected chi connectivity index (χ2v) is 7.19. The normalized spacial score (nSPS) is 26.1. The zero-order chi connectivity index (χ0) is 16.6. The topological polar surface area (TPSA) is 107 Å². The van der Waals surface area contributed by atoms with Crippen LogP contribution in [-0.4, -0.2) is 57.0 Å². The number of aliphatic hydroxyl groups excluding tert-OH is 1. The Morgan fingerprint density at radius 1 is 1.39 bits per heavy atom. The number of amides is 2. The first-order valence-corrected chi connectivity index (χ1v) is 8.67. The molecule has 2 aliphatic heterocycles. The van der Waals surface area contributed by atoms with Crippen LogP contribution in [0.4, 0.5) is 0 Å². The SMILES string of the molecule is O=C(Cc1cccs1)N[C@@H]1C(=O)N2C(C(=O)O)C(CO)=CS[C@@H]12. The number of carbonyl (C=O) groups is 3. The number of nitrogens with one attached hydrogen (secondary N) is 1. The van der Waals surface area contributed by atoms with E-state index in [1.54, 1.807) is 5.41 Å². The summed E-state index contributed by atoms with van der Waals surface area (Å²) in [7, 11) is 0. The standard InChI is InChI=1S/C14H14N2O5S2/c17-5-7-6-23-13-10(12(19)16(13)11(7)14(20)21)15-9(18)4-8-2-1-3-22-8/h1-3,6,10-11,13,17H,4-5H2,(H,15,18)(H,20,21)/t10-,11?,13+/m1/s1. The van der Waals surface area contributed by atoms with E-state index in [2.05, 4.69) is 5.32 Å².